The molecule has 0 bridgehead atoms. The number of anilines is 2. The summed E-state index contributed by atoms with van der Waals surface area (Å²) in [6.45, 7) is 14.9. The first-order valence-corrected chi connectivity index (χ1v) is 19.5. The molecule has 2 saturated carbocycles. The molecule has 2 heterocycles. The van der Waals surface area contributed by atoms with Gasteiger partial charge < -0.3 is 20.0 Å². The number of carbonyl (C=O) groups excluding carboxylic acids is 2. The maximum Gasteiger partial charge on any atom is 0.335 e. The van der Waals surface area contributed by atoms with Gasteiger partial charge in [-0.15, -0.1) is 0 Å². The molecule has 60 heavy (non-hydrogen) atoms. The minimum Gasteiger partial charge on any atom is -0.478 e. The van der Waals surface area contributed by atoms with Crippen LogP contribution in [0.25, 0.3) is 9.69 Å². The molecule has 2 aliphatic heterocycles. The summed E-state index contributed by atoms with van der Waals surface area (Å²) in [5.74, 6) is -1.67. The van der Waals surface area contributed by atoms with Crippen molar-refractivity contribution in [3.8, 4) is 0 Å². The Hall–Kier alpha value is -7.82. The molecule has 0 aromatic heterocycles. The Morgan fingerprint density at radius 3 is 1.30 bits per heavy atom. The predicted molar refractivity (Wildman–Crippen MR) is 226 cm³/mol. The lowest BCUT2D eigenvalue weighted by atomic mass is 9.92. The number of aromatic carboxylic acids is 2. The Kier molecular flexibility index (Phi) is 9.14. The third kappa shape index (κ3) is 6.18. The maximum absolute atomic E-state index is 13.6. The molecule has 2 spiro atoms. The van der Waals surface area contributed by atoms with E-state index in [9.17, 15) is 29.4 Å². The van der Waals surface area contributed by atoms with Gasteiger partial charge in [-0.05, 0) is 82.6 Å². The molecule has 0 radical (unpaired) electrons. The van der Waals surface area contributed by atoms with Crippen molar-refractivity contribution in [3.63, 3.8) is 0 Å². The Balaban J connectivity index is 0.000000154. The number of para-hydroxylation sites is 2. The normalized spacial score (nSPS) is 21.4. The highest BCUT2D eigenvalue weighted by Crippen LogP contribution is 2.67. The highest BCUT2D eigenvalue weighted by Gasteiger charge is 2.68. The van der Waals surface area contributed by atoms with Gasteiger partial charge in [-0.2, -0.15) is 0 Å². The minimum atomic E-state index is -0.980. The number of carboxylic acids is 2. The smallest absolute Gasteiger partial charge is 0.335 e. The lowest BCUT2D eigenvalue weighted by Crippen LogP contribution is -2.32. The van der Waals surface area contributed by atoms with Gasteiger partial charge in [0.25, 0.3) is 0 Å². The Labute approximate surface area is 346 Å². The number of carboxylic acid groups (broad SMARTS) is 2. The molecular formula is C50H36N4O6. The number of amides is 2. The van der Waals surface area contributed by atoms with E-state index in [4.69, 9.17) is 13.1 Å². The van der Waals surface area contributed by atoms with E-state index in [1.165, 1.54) is 0 Å². The zero-order valence-corrected chi connectivity index (χ0v) is 32.2. The van der Waals surface area contributed by atoms with Crippen molar-refractivity contribution in [3.05, 3.63) is 213 Å². The van der Waals surface area contributed by atoms with Gasteiger partial charge in [0.15, 0.2) is 11.4 Å². The fraction of sp³-hybridized carbons (Fsp3) is 0.160. The van der Waals surface area contributed by atoms with Crippen LogP contribution in [0.4, 0.5) is 22.7 Å². The van der Waals surface area contributed by atoms with Gasteiger partial charge in [0.1, 0.15) is 0 Å². The molecule has 6 aromatic carbocycles. The van der Waals surface area contributed by atoms with E-state index < -0.39 is 22.8 Å². The van der Waals surface area contributed by atoms with Gasteiger partial charge in [0.2, 0.25) is 11.8 Å². The number of carbonyl (C=O) groups is 4. The van der Waals surface area contributed by atoms with Crippen LogP contribution in [0.5, 0.6) is 0 Å². The SMILES string of the molecule is [C-]#[N+]c1ccc([C@@H]2C[C@]23C(=O)N(Cc2cccc(C(=O)O)c2)c2ccccc23)cc1.[C-]#[N+]c1ccc([C@H]2C[C@@]23C(=O)N(Cc2cccc(C(=O)O)c2)c2ccccc23)cc1. The summed E-state index contributed by atoms with van der Waals surface area (Å²) < 4.78 is 0. The third-order valence-electron chi connectivity index (χ3n) is 12.4. The molecule has 10 nitrogen and oxygen atoms in total. The Bertz CT molecular complexity index is 2650. The highest BCUT2D eigenvalue weighted by molar-refractivity contribution is 6.12. The summed E-state index contributed by atoms with van der Waals surface area (Å²) in [5, 5.41) is 18.5. The lowest BCUT2D eigenvalue weighted by Gasteiger charge is -2.19. The quantitative estimate of drug-likeness (QED) is 0.148. The van der Waals surface area contributed by atoms with Crippen LogP contribution < -0.4 is 9.80 Å². The highest BCUT2D eigenvalue weighted by atomic mass is 16.4. The molecule has 292 valence electrons. The van der Waals surface area contributed by atoms with E-state index in [0.717, 1.165) is 57.6 Å². The molecular weight excluding hydrogens is 753 g/mol. The molecule has 0 saturated heterocycles. The summed E-state index contributed by atoms with van der Waals surface area (Å²) >= 11 is 0. The maximum atomic E-state index is 13.6. The standard InChI is InChI=1S/2C25H18N2O3/c2*1-26-19-11-9-17(10-12-19)21-14-25(21)20-7-2-3-8-22(20)27(24(25)30)15-16-5-4-6-18(13-16)23(28)29/h2*2-13,21H,14-15H2,(H,28,29)/t2*21-,25+/m10/s1. The van der Waals surface area contributed by atoms with Gasteiger partial charge >= 0.3 is 11.9 Å². The molecule has 2 fully saturated rings. The van der Waals surface area contributed by atoms with Gasteiger partial charge in [-0.1, -0.05) is 109 Å². The van der Waals surface area contributed by atoms with Gasteiger partial charge in [-0.25, -0.2) is 19.3 Å². The van der Waals surface area contributed by atoms with Crippen molar-refractivity contribution < 1.29 is 29.4 Å². The fourth-order valence-electron chi connectivity index (χ4n) is 9.35. The molecule has 6 aromatic rings. The van der Waals surface area contributed by atoms with E-state index in [-0.39, 0.29) is 34.8 Å². The monoisotopic (exact) mass is 788 g/mol. The van der Waals surface area contributed by atoms with Crippen molar-refractivity contribution in [2.75, 3.05) is 9.80 Å². The fourth-order valence-corrected chi connectivity index (χ4v) is 9.35. The van der Waals surface area contributed by atoms with Crippen molar-refractivity contribution in [1.82, 2.24) is 0 Å². The second kappa shape index (κ2) is 14.5. The van der Waals surface area contributed by atoms with Crippen molar-refractivity contribution in [2.45, 2.75) is 48.6 Å². The first-order valence-electron chi connectivity index (χ1n) is 19.5. The summed E-state index contributed by atoms with van der Waals surface area (Å²) in [4.78, 5) is 60.3. The summed E-state index contributed by atoms with van der Waals surface area (Å²) in [5.41, 5.74) is 8.03. The average molecular weight is 789 g/mol. The summed E-state index contributed by atoms with van der Waals surface area (Å²) in [7, 11) is 0. The second-order valence-electron chi connectivity index (χ2n) is 15.7. The van der Waals surface area contributed by atoms with Crippen LogP contribution in [0.1, 0.15) is 78.8 Å². The average Bonchev–Trinajstić information content (AvgIpc) is 4.19. The zero-order valence-electron chi connectivity index (χ0n) is 32.2. The zero-order chi connectivity index (χ0) is 41.8. The molecule has 4 aliphatic rings. The molecule has 2 amide bonds. The van der Waals surface area contributed by atoms with E-state index in [2.05, 4.69) is 9.69 Å². The number of benzene rings is 6. The first kappa shape index (κ1) is 37.7. The number of hydrogen-bond acceptors (Lipinski definition) is 4. The number of nitrogens with zero attached hydrogens (tertiary/aromatic N) is 4. The van der Waals surface area contributed by atoms with E-state index in [1.54, 1.807) is 70.5 Å². The minimum absolute atomic E-state index is 0.0590. The van der Waals surface area contributed by atoms with E-state index in [1.807, 2.05) is 84.9 Å². The van der Waals surface area contributed by atoms with Crippen LogP contribution >= 0.6 is 0 Å². The van der Waals surface area contributed by atoms with Gasteiger partial charge in [0, 0.05) is 23.2 Å². The summed E-state index contributed by atoms with van der Waals surface area (Å²) in [6.07, 6.45) is 1.48. The largest absolute Gasteiger partial charge is 0.478 e. The van der Waals surface area contributed by atoms with E-state index in [0.29, 0.717) is 24.5 Å². The Morgan fingerprint density at radius 2 is 0.933 bits per heavy atom. The lowest BCUT2D eigenvalue weighted by molar-refractivity contribution is -0.121. The predicted octanol–water partition coefficient (Wildman–Crippen LogP) is 9.82. The number of rotatable bonds is 8. The van der Waals surface area contributed by atoms with Crippen LogP contribution in [0.2, 0.25) is 0 Å². The van der Waals surface area contributed by atoms with Gasteiger partial charge in [-0.3, -0.25) is 9.59 Å². The van der Waals surface area contributed by atoms with Crippen molar-refractivity contribution >= 4 is 46.5 Å². The van der Waals surface area contributed by atoms with E-state index >= 15 is 0 Å². The van der Waals surface area contributed by atoms with Crippen molar-refractivity contribution in [1.29, 1.82) is 0 Å². The number of fused-ring (bicyclic) bond motifs is 4. The van der Waals surface area contributed by atoms with Crippen molar-refractivity contribution in [2.24, 2.45) is 0 Å². The topological polar surface area (TPSA) is 124 Å². The summed E-state index contributed by atoms with van der Waals surface area (Å²) in [6, 6.07) is 44.2. The Morgan fingerprint density at radius 1 is 0.550 bits per heavy atom. The molecule has 10 heteroatoms. The van der Waals surface area contributed by atoms with Crippen LogP contribution in [0.3, 0.4) is 0 Å². The molecule has 2 aliphatic carbocycles. The van der Waals surface area contributed by atoms with Crippen LogP contribution in [0, 0.1) is 13.1 Å². The molecule has 10 rings (SSSR count). The van der Waals surface area contributed by atoms with Crippen LogP contribution in [0.15, 0.2) is 146 Å². The number of hydrogen-bond donors (Lipinski definition) is 2. The van der Waals surface area contributed by atoms with Crippen LogP contribution in [-0.2, 0) is 33.5 Å². The van der Waals surface area contributed by atoms with Crippen LogP contribution in [-0.4, -0.2) is 34.0 Å². The molecule has 0 unspecified atom stereocenters. The third-order valence-corrected chi connectivity index (χ3v) is 12.4. The van der Waals surface area contributed by atoms with Gasteiger partial charge in [0.05, 0.1) is 48.2 Å². The first-order chi connectivity index (χ1) is 29.1. The second-order valence-corrected chi connectivity index (χ2v) is 15.7. The molecule has 4 atom stereocenters. The molecule has 2 N–H and O–H groups in total.